The van der Waals surface area contributed by atoms with Crippen LogP contribution in [-0.4, -0.2) is 0 Å². The Bertz CT molecular complexity index is 269. The summed E-state index contributed by atoms with van der Waals surface area (Å²) >= 11 is 4.17. The Hall–Kier alpha value is -0.950. The number of benzene rings is 1. The smallest absolute Gasteiger partial charge is 0.00404 e. The Morgan fingerprint density at radius 3 is 2.27 bits per heavy atom. The molecule has 0 bridgehead atoms. The largest absolute Gasteiger partial charge is 0.143 e. The molecular formula is C10H10S. The van der Waals surface area contributed by atoms with Crippen molar-refractivity contribution in [1.82, 2.24) is 0 Å². The predicted octanol–water partition coefficient (Wildman–Crippen LogP) is 3.17. The lowest BCUT2D eigenvalue weighted by atomic mass is 10.1. The highest BCUT2D eigenvalue weighted by Gasteiger charge is 1.91. The fourth-order valence-electron chi connectivity index (χ4n) is 0.793. The van der Waals surface area contributed by atoms with Gasteiger partial charge >= 0.3 is 0 Å². The molecule has 1 heteroatoms. The van der Waals surface area contributed by atoms with Crippen molar-refractivity contribution in [1.29, 1.82) is 0 Å². The maximum Gasteiger partial charge on any atom is 0.00404 e. The highest BCUT2D eigenvalue weighted by atomic mass is 32.1. The van der Waals surface area contributed by atoms with Crippen LogP contribution >= 0.6 is 12.6 Å². The molecule has 0 N–H and O–H groups in total. The van der Waals surface area contributed by atoms with Gasteiger partial charge < -0.3 is 0 Å². The van der Waals surface area contributed by atoms with E-state index in [9.17, 15) is 0 Å². The van der Waals surface area contributed by atoms with Crippen LogP contribution in [0.4, 0.5) is 0 Å². The predicted molar refractivity (Wildman–Crippen MR) is 52.9 cm³/mol. The van der Waals surface area contributed by atoms with Crippen molar-refractivity contribution in [3.63, 3.8) is 0 Å². The summed E-state index contributed by atoms with van der Waals surface area (Å²) in [6.07, 6.45) is 1.74. The molecule has 0 nitrogen and oxygen atoms in total. The number of hydrogen-bond donors (Lipinski definition) is 1. The number of allylic oxidation sites excluding steroid dienone is 2. The molecule has 0 saturated carbocycles. The monoisotopic (exact) mass is 162 g/mol. The van der Waals surface area contributed by atoms with E-state index in [0.717, 1.165) is 16.0 Å². The number of hydrogen-bond acceptors (Lipinski definition) is 1. The molecule has 11 heavy (non-hydrogen) atoms. The van der Waals surface area contributed by atoms with Crippen LogP contribution in [0.1, 0.15) is 5.56 Å². The lowest BCUT2D eigenvalue weighted by molar-refractivity contribution is 1.45. The standard InChI is InChI=1S/C10H10S/c1-3-8(2)9-4-6-10(11)7-5-9/h3-7,11H,1-2H2. The summed E-state index contributed by atoms with van der Waals surface area (Å²) in [4.78, 5) is 0.964. The maximum atomic E-state index is 4.17. The zero-order valence-corrected chi connectivity index (χ0v) is 7.14. The molecule has 0 aliphatic heterocycles. The molecule has 0 spiro atoms. The summed E-state index contributed by atoms with van der Waals surface area (Å²) in [5.41, 5.74) is 2.04. The van der Waals surface area contributed by atoms with Crippen LogP contribution < -0.4 is 0 Å². The van der Waals surface area contributed by atoms with Crippen molar-refractivity contribution < 1.29 is 0 Å². The fraction of sp³-hybridized carbons (Fsp3) is 0. The van der Waals surface area contributed by atoms with Crippen LogP contribution in [0.2, 0.25) is 0 Å². The van der Waals surface area contributed by atoms with Crippen LogP contribution in [0, 0.1) is 0 Å². The highest BCUT2D eigenvalue weighted by molar-refractivity contribution is 7.80. The molecule has 0 radical (unpaired) electrons. The molecular weight excluding hydrogens is 152 g/mol. The van der Waals surface area contributed by atoms with Gasteiger partial charge in [0.1, 0.15) is 0 Å². The van der Waals surface area contributed by atoms with E-state index < -0.39 is 0 Å². The Morgan fingerprint density at radius 2 is 1.82 bits per heavy atom. The van der Waals surface area contributed by atoms with Crippen molar-refractivity contribution >= 4 is 18.2 Å². The van der Waals surface area contributed by atoms with Gasteiger partial charge in [0.2, 0.25) is 0 Å². The van der Waals surface area contributed by atoms with E-state index in [1.807, 2.05) is 24.3 Å². The van der Waals surface area contributed by atoms with Crippen LogP contribution in [-0.2, 0) is 0 Å². The Morgan fingerprint density at radius 1 is 1.27 bits per heavy atom. The second kappa shape index (κ2) is 3.44. The minimum absolute atomic E-state index is 0.943. The summed E-state index contributed by atoms with van der Waals surface area (Å²) in [5.74, 6) is 0. The normalized spacial score (nSPS) is 9.18. The Labute approximate surface area is 72.7 Å². The van der Waals surface area contributed by atoms with E-state index in [-0.39, 0.29) is 0 Å². The third-order valence-electron chi connectivity index (χ3n) is 1.48. The molecule has 1 aromatic rings. The lowest BCUT2D eigenvalue weighted by Crippen LogP contribution is -1.76. The zero-order valence-electron chi connectivity index (χ0n) is 6.25. The van der Waals surface area contributed by atoms with Gasteiger partial charge in [0.15, 0.2) is 0 Å². The molecule has 1 aromatic carbocycles. The molecule has 1 rings (SSSR count). The van der Waals surface area contributed by atoms with Gasteiger partial charge in [-0.3, -0.25) is 0 Å². The van der Waals surface area contributed by atoms with Crippen LogP contribution in [0.25, 0.3) is 5.57 Å². The first-order valence-electron chi connectivity index (χ1n) is 3.35. The van der Waals surface area contributed by atoms with Gasteiger partial charge in [-0.25, -0.2) is 0 Å². The van der Waals surface area contributed by atoms with Gasteiger partial charge in [0, 0.05) is 4.90 Å². The van der Waals surface area contributed by atoms with Gasteiger partial charge in [-0.15, -0.1) is 12.6 Å². The summed E-state index contributed by atoms with van der Waals surface area (Å²) in [6, 6.07) is 7.83. The SMILES string of the molecule is C=CC(=C)c1ccc(S)cc1. The van der Waals surface area contributed by atoms with E-state index >= 15 is 0 Å². The zero-order chi connectivity index (χ0) is 8.27. The van der Waals surface area contributed by atoms with Crippen LogP contribution in [0.5, 0.6) is 0 Å². The van der Waals surface area contributed by atoms with E-state index in [4.69, 9.17) is 0 Å². The second-order valence-corrected chi connectivity index (χ2v) is 2.79. The molecule has 0 unspecified atom stereocenters. The fourth-order valence-corrected chi connectivity index (χ4v) is 0.942. The molecule has 0 amide bonds. The van der Waals surface area contributed by atoms with Crippen molar-refractivity contribution in [2.75, 3.05) is 0 Å². The van der Waals surface area contributed by atoms with Gasteiger partial charge in [-0.05, 0) is 23.3 Å². The first-order valence-corrected chi connectivity index (χ1v) is 3.79. The van der Waals surface area contributed by atoms with Crippen molar-refractivity contribution in [3.05, 3.63) is 49.1 Å². The molecule has 0 heterocycles. The lowest BCUT2D eigenvalue weighted by Gasteiger charge is -1.98. The van der Waals surface area contributed by atoms with E-state index in [1.165, 1.54) is 0 Å². The van der Waals surface area contributed by atoms with Crippen molar-refractivity contribution in [2.24, 2.45) is 0 Å². The molecule has 56 valence electrons. The molecule has 0 atom stereocenters. The summed E-state index contributed by atoms with van der Waals surface area (Å²) in [7, 11) is 0. The second-order valence-electron chi connectivity index (χ2n) is 2.28. The molecule has 0 saturated heterocycles. The quantitative estimate of drug-likeness (QED) is 0.501. The first-order chi connectivity index (χ1) is 5.24. The molecule has 0 aliphatic carbocycles. The topological polar surface area (TPSA) is 0 Å². The van der Waals surface area contributed by atoms with Gasteiger partial charge in [-0.2, -0.15) is 0 Å². The van der Waals surface area contributed by atoms with E-state index in [2.05, 4.69) is 25.8 Å². The minimum Gasteiger partial charge on any atom is -0.143 e. The van der Waals surface area contributed by atoms with Crippen LogP contribution in [0.15, 0.2) is 48.4 Å². The van der Waals surface area contributed by atoms with Crippen LogP contribution in [0.3, 0.4) is 0 Å². The highest BCUT2D eigenvalue weighted by Crippen LogP contribution is 2.15. The van der Waals surface area contributed by atoms with E-state index in [0.29, 0.717) is 0 Å². The Kier molecular flexibility index (Phi) is 2.55. The number of rotatable bonds is 2. The summed E-state index contributed by atoms with van der Waals surface area (Å²) in [6.45, 7) is 7.47. The molecule has 0 fully saturated rings. The Balaban J connectivity index is 2.98. The maximum absolute atomic E-state index is 4.17. The third-order valence-corrected chi connectivity index (χ3v) is 1.78. The third kappa shape index (κ3) is 1.99. The van der Waals surface area contributed by atoms with Gasteiger partial charge in [-0.1, -0.05) is 31.4 Å². The summed E-state index contributed by atoms with van der Waals surface area (Å²) < 4.78 is 0. The van der Waals surface area contributed by atoms with Gasteiger partial charge in [0.25, 0.3) is 0 Å². The average Bonchev–Trinajstić information content (AvgIpc) is 2.05. The van der Waals surface area contributed by atoms with Gasteiger partial charge in [0.05, 0.1) is 0 Å². The molecule has 0 aliphatic rings. The first kappa shape index (κ1) is 8.15. The number of thiol groups is 1. The minimum atomic E-state index is 0.943. The summed E-state index contributed by atoms with van der Waals surface area (Å²) in [5, 5.41) is 0. The van der Waals surface area contributed by atoms with E-state index in [1.54, 1.807) is 6.08 Å². The molecule has 0 aromatic heterocycles. The van der Waals surface area contributed by atoms with Crippen molar-refractivity contribution in [2.45, 2.75) is 4.90 Å². The average molecular weight is 162 g/mol. The van der Waals surface area contributed by atoms with Crippen molar-refractivity contribution in [3.8, 4) is 0 Å².